The van der Waals surface area contributed by atoms with Crippen molar-refractivity contribution in [3.8, 4) is 5.75 Å². The van der Waals surface area contributed by atoms with Gasteiger partial charge in [-0.05, 0) is 30.3 Å². The zero-order valence-electron chi connectivity index (χ0n) is 12.1. The van der Waals surface area contributed by atoms with Gasteiger partial charge >= 0.3 is 0 Å². The third-order valence-electron chi connectivity index (χ3n) is 2.84. The van der Waals surface area contributed by atoms with Crippen molar-refractivity contribution in [2.75, 3.05) is 18.2 Å². The molecule has 8 heteroatoms. The van der Waals surface area contributed by atoms with Crippen molar-refractivity contribution in [1.29, 1.82) is 0 Å². The Hall–Kier alpha value is -2.25. The average molecular weight is 353 g/mol. The molecule has 0 aliphatic rings. The van der Waals surface area contributed by atoms with Crippen LogP contribution in [0, 0.1) is 10.1 Å². The predicted octanol–water partition coefficient (Wildman–Crippen LogP) is 3.99. The quantitative estimate of drug-likeness (QED) is 0.483. The fraction of sp³-hybridized carbons (Fsp3) is 0.133. The fourth-order valence-corrected chi connectivity index (χ4v) is 2.70. The molecule has 0 spiro atoms. The summed E-state index contributed by atoms with van der Waals surface area (Å²) in [5.41, 5.74) is -0.118. The summed E-state index contributed by atoms with van der Waals surface area (Å²) in [7, 11) is 1.57. The molecule has 1 N–H and O–H groups in total. The van der Waals surface area contributed by atoms with Crippen molar-refractivity contribution < 1.29 is 14.5 Å². The molecule has 0 saturated carbocycles. The Kier molecular flexibility index (Phi) is 5.84. The number of nitrogens with one attached hydrogen (secondary N) is 1. The molecule has 0 heterocycles. The molecule has 0 unspecified atom stereocenters. The number of ether oxygens (including phenoxy) is 1. The van der Waals surface area contributed by atoms with Crippen LogP contribution in [0.15, 0.2) is 47.4 Å². The minimum atomic E-state index is -0.587. The van der Waals surface area contributed by atoms with E-state index in [1.165, 1.54) is 30.0 Å². The Balaban J connectivity index is 2.01. The second kappa shape index (κ2) is 7.85. The van der Waals surface area contributed by atoms with E-state index in [9.17, 15) is 14.9 Å². The summed E-state index contributed by atoms with van der Waals surface area (Å²) in [4.78, 5) is 23.2. The number of nitrogens with zero attached hydrogens (tertiary/aromatic N) is 1. The molecule has 0 saturated heterocycles. The predicted molar refractivity (Wildman–Crippen MR) is 90.5 cm³/mol. The van der Waals surface area contributed by atoms with Crippen LogP contribution in [-0.2, 0) is 4.79 Å². The first-order valence-electron chi connectivity index (χ1n) is 6.50. The Morgan fingerprint density at radius 1 is 1.35 bits per heavy atom. The third kappa shape index (κ3) is 4.87. The van der Waals surface area contributed by atoms with Gasteiger partial charge in [0, 0.05) is 16.0 Å². The molecule has 0 aromatic heterocycles. The topological polar surface area (TPSA) is 81.5 Å². The zero-order chi connectivity index (χ0) is 16.8. The highest BCUT2D eigenvalue weighted by Gasteiger charge is 2.16. The lowest BCUT2D eigenvalue weighted by Gasteiger charge is -2.07. The van der Waals surface area contributed by atoms with Gasteiger partial charge in [-0.15, -0.1) is 11.8 Å². The van der Waals surface area contributed by atoms with Crippen LogP contribution in [-0.4, -0.2) is 23.7 Å². The summed E-state index contributed by atoms with van der Waals surface area (Å²) in [5, 5.41) is 13.7. The zero-order valence-corrected chi connectivity index (χ0v) is 13.7. The number of halogens is 1. The highest BCUT2D eigenvalue weighted by atomic mass is 35.5. The van der Waals surface area contributed by atoms with Gasteiger partial charge in [0.1, 0.15) is 11.4 Å². The summed E-state index contributed by atoms with van der Waals surface area (Å²) in [6.45, 7) is 0. The minimum absolute atomic E-state index is 0.118. The number of hydrogen-bond donors (Lipinski definition) is 1. The molecule has 0 fully saturated rings. The number of carbonyl (C=O) groups excluding carboxylic acids is 1. The Labute approximate surface area is 141 Å². The van der Waals surface area contributed by atoms with Crippen LogP contribution < -0.4 is 10.1 Å². The molecule has 120 valence electrons. The van der Waals surface area contributed by atoms with E-state index < -0.39 is 4.92 Å². The number of methoxy groups -OCH3 is 1. The van der Waals surface area contributed by atoms with E-state index in [0.29, 0.717) is 5.75 Å². The number of rotatable bonds is 6. The van der Waals surface area contributed by atoms with Crippen molar-refractivity contribution in [2.45, 2.75) is 4.90 Å². The van der Waals surface area contributed by atoms with Gasteiger partial charge < -0.3 is 10.1 Å². The van der Waals surface area contributed by atoms with Gasteiger partial charge in [-0.25, -0.2) is 0 Å². The third-order valence-corrected chi connectivity index (χ3v) is 4.07. The molecule has 0 aliphatic carbocycles. The van der Waals surface area contributed by atoms with Crippen molar-refractivity contribution in [1.82, 2.24) is 0 Å². The van der Waals surface area contributed by atoms with Gasteiger partial charge in [-0.1, -0.05) is 17.7 Å². The van der Waals surface area contributed by atoms with E-state index in [-0.39, 0.29) is 28.1 Å². The van der Waals surface area contributed by atoms with Crippen molar-refractivity contribution in [2.24, 2.45) is 0 Å². The number of anilines is 1. The molecule has 2 rings (SSSR count). The first-order chi connectivity index (χ1) is 11.0. The molecule has 1 amide bonds. The smallest absolute Gasteiger partial charge is 0.294 e. The summed E-state index contributed by atoms with van der Waals surface area (Å²) in [5.74, 6) is 0.472. The lowest BCUT2D eigenvalue weighted by Crippen LogP contribution is -2.15. The lowest BCUT2D eigenvalue weighted by molar-refractivity contribution is -0.383. The summed E-state index contributed by atoms with van der Waals surface area (Å²) < 4.78 is 5.11. The van der Waals surface area contributed by atoms with Crippen LogP contribution in [0.1, 0.15) is 0 Å². The largest absolute Gasteiger partial charge is 0.497 e. The van der Waals surface area contributed by atoms with Crippen LogP contribution >= 0.6 is 23.4 Å². The van der Waals surface area contributed by atoms with E-state index in [0.717, 1.165) is 4.90 Å². The number of nitro benzene ring substituents is 1. The van der Waals surface area contributed by atoms with E-state index in [1.807, 2.05) is 18.2 Å². The summed E-state index contributed by atoms with van der Waals surface area (Å²) in [6.07, 6.45) is 0. The average Bonchev–Trinajstić information content (AvgIpc) is 2.54. The number of carbonyl (C=O) groups is 1. The van der Waals surface area contributed by atoms with Crippen molar-refractivity contribution >= 4 is 40.6 Å². The van der Waals surface area contributed by atoms with E-state index >= 15 is 0 Å². The second-order valence-corrected chi connectivity index (χ2v) is 5.92. The minimum Gasteiger partial charge on any atom is -0.497 e. The van der Waals surface area contributed by atoms with Gasteiger partial charge in [0.15, 0.2) is 0 Å². The maximum Gasteiger partial charge on any atom is 0.294 e. The molecular weight excluding hydrogens is 340 g/mol. The number of nitro groups is 1. The van der Waals surface area contributed by atoms with Crippen molar-refractivity contribution in [3.63, 3.8) is 0 Å². The van der Waals surface area contributed by atoms with Crippen molar-refractivity contribution in [3.05, 3.63) is 57.6 Å². The molecule has 23 heavy (non-hydrogen) atoms. The SMILES string of the molecule is COc1cccc(SCC(=O)Nc2ccc(Cl)cc2[N+](=O)[O-])c1. The molecule has 2 aromatic carbocycles. The molecule has 0 aliphatic heterocycles. The first kappa shape index (κ1) is 17.1. The Morgan fingerprint density at radius 3 is 2.83 bits per heavy atom. The van der Waals surface area contributed by atoms with Gasteiger partial charge in [0.05, 0.1) is 17.8 Å². The fourth-order valence-electron chi connectivity index (χ4n) is 1.79. The first-order valence-corrected chi connectivity index (χ1v) is 7.86. The molecule has 0 radical (unpaired) electrons. The molecule has 0 bridgehead atoms. The normalized spacial score (nSPS) is 10.2. The molecule has 2 aromatic rings. The van der Waals surface area contributed by atoms with Gasteiger partial charge in [-0.2, -0.15) is 0 Å². The van der Waals surface area contributed by atoms with E-state index in [1.54, 1.807) is 13.2 Å². The highest BCUT2D eigenvalue weighted by molar-refractivity contribution is 8.00. The summed E-state index contributed by atoms with van der Waals surface area (Å²) >= 11 is 7.04. The number of benzene rings is 2. The molecular formula is C15H13ClN2O4S. The van der Waals surface area contributed by atoms with Crippen LogP contribution in [0.25, 0.3) is 0 Å². The molecule has 6 nitrogen and oxygen atoms in total. The van der Waals surface area contributed by atoms with Gasteiger partial charge in [-0.3, -0.25) is 14.9 Å². The number of hydrogen-bond acceptors (Lipinski definition) is 5. The van der Waals surface area contributed by atoms with E-state index in [4.69, 9.17) is 16.3 Å². The van der Waals surface area contributed by atoms with Crippen LogP contribution in [0.4, 0.5) is 11.4 Å². The van der Waals surface area contributed by atoms with Crippen LogP contribution in [0.2, 0.25) is 5.02 Å². The highest BCUT2D eigenvalue weighted by Crippen LogP contribution is 2.28. The number of thioether (sulfide) groups is 1. The maximum atomic E-state index is 12.0. The van der Waals surface area contributed by atoms with Crippen LogP contribution in [0.5, 0.6) is 5.75 Å². The van der Waals surface area contributed by atoms with E-state index in [2.05, 4.69) is 5.32 Å². The van der Waals surface area contributed by atoms with Gasteiger partial charge in [0.2, 0.25) is 5.91 Å². The Morgan fingerprint density at radius 2 is 2.13 bits per heavy atom. The summed E-state index contributed by atoms with van der Waals surface area (Å²) in [6, 6.07) is 11.4. The molecule has 0 atom stereocenters. The standard InChI is InChI=1S/C15H13ClN2O4S/c1-22-11-3-2-4-12(8-11)23-9-15(19)17-13-6-5-10(16)7-14(13)18(20)21/h2-8H,9H2,1H3,(H,17,19). The monoisotopic (exact) mass is 352 g/mol. The van der Waals surface area contributed by atoms with Gasteiger partial charge in [0.25, 0.3) is 5.69 Å². The maximum absolute atomic E-state index is 12.0. The lowest BCUT2D eigenvalue weighted by atomic mass is 10.2. The number of amides is 1. The van der Waals surface area contributed by atoms with Crippen LogP contribution in [0.3, 0.4) is 0 Å². The Bertz CT molecular complexity index is 739. The second-order valence-electron chi connectivity index (χ2n) is 4.43.